The highest BCUT2D eigenvalue weighted by atomic mass is 16.5. The van der Waals surface area contributed by atoms with Gasteiger partial charge in [0.25, 0.3) is 0 Å². The van der Waals surface area contributed by atoms with Crippen LogP contribution in [-0.4, -0.2) is 24.4 Å². The zero-order chi connectivity index (χ0) is 7.14. The molecule has 0 unspecified atom stereocenters. The van der Waals surface area contributed by atoms with Crippen molar-refractivity contribution in [3.63, 3.8) is 0 Å². The van der Waals surface area contributed by atoms with E-state index in [0.717, 1.165) is 0 Å². The Morgan fingerprint density at radius 3 is 2.40 bits per heavy atom. The second-order valence-corrected chi connectivity index (χ2v) is 3.52. The van der Waals surface area contributed by atoms with Gasteiger partial charge >= 0.3 is 0 Å². The summed E-state index contributed by atoms with van der Waals surface area (Å²) >= 11 is 0. The number of rotatable bonds is 1. The summed E-state index contributed by atoms with van der Waals surface area (Å²) in [6.45, 7) is 0. The molecular formula is C8H14O2. The van der Waals surface area contributed by atoms with E-state index in [4.69, 9.17) is 4.74 Å². The van der Waals surface area contributed by atoms with Gasteiger partial charge in [-0.2, -0.15) is 0 Å². The minimum Gasteiger partial charge on any atom is -0.390 e. The molecule has 0 aromatic rings. The van der Waals surface area contributed by atoms with Crippen LogP contribution in [0.25, 0.3) is 0 Å². The van der Waals surface area contributed by atoms with Crippen molar-refractivity contribution in [2.75, 3.05) is 7.11 Å². The minimum atomic E-state index is -0.163. The highest BCUT2D eigenvalue weighted by molar-refractivity contribution is 4.97. The van der Waals surface area contributed by atoms with Crippen LogP contribution in [-0.2, 0) is 4.74 Å². The normalized spacial score (nSPS) is 52.2. The molecule has 2 rings (SSSR count). The molecule has 0 saturated heterocycles. The summed E-state index contributed by atoms with van der Waals surface area (Å²) in [5, 5.41) is 9.55. The van der Waals surface area contributed by atoms with Crippen LogP contribution in [0.1, 0.15) is 19.3 Å². The molecule has 2 aliphatic carbocycles. The van der Waals surface area contributed by atoms with Gasteiger partial charge in [0.2, 0.25) is 0 Å². The first kappa shape index (κ1) is 6.62. The van der Waals surface area contributed by atoms with Crippen LogP contribution < -0.4 is 0 Å². The smallest absolute Gasteiger partial charge is 0.0861 e. The molecule has 2 bridgehead atoms. The Balaban J connectivity index is 2.10. The maximum Gasteiger partial charge on any atom is 0.0861 e. The van der Waals surface area contributed by atoms with Crippen molar-refractivity contribution >= 4 is 0 Å². The van der Waals surface area contributed by atoms with Crippen LogP contribution in [0.5, 0.6) is 0 Å². The first-order chi connectivity index (χ1) is 4.83. The molecule has 0 aromatic carbocycles. The van der Waals surface area contributed by atoms with E-state index in [1.54, 1.807) is 7.11 Å². The van der Waals surface area contributed by atoms with Crippen molar-refractivity contribution < 1.29 is 9.84 Å². The summed E-state index contributed by atoms with van der Waals surface area (Å²) in [6.07, 6.45) is 3.66. The number of aliphatic hydroxyl groups excluding tert-OH is 1. The quantitative estimate of drug-likeness (QED) is 0.586. The van der Waals surface area contributed by atoms with Gasteiger partial charge in [0.1, 0.15) is 0 Å². The fourth-order valence-corrected chi connectivity index (χ4v) is 2.54. The number of methoxy groups -OCH3 is 1. The Morgan fingerprint density at radius 1 is 1.30 bits per heavy atom. The Hall–Kier alpha value is -0.0800. The van der Waals surface area contributed by atoms with Gasteiger partial charge in [-0.1, -0.05) is 0 Å². The third-order valence-electron chi connectivity index (χ3n) is 3.07. The fraction of sp³-hybridized carbons (Fsp3) is 1.00. The van der Waals surface area contributed by atoms with E-state index in [1.165, 1.54) is 19.3 Å². The minimum absolute atomic E-state index is 0.152. The standard InChI is InChI=1S/C8H14O2/c1-10-8-6-3-2-5(4-6)7(8)9/h5-9H,2-4H2,1H3/t5-,6+,7-,8-/m1/s1. The molecule has 2 saturated carbocycles. The topological polar surface area (TPSA) is 29.5 Å². The zero-order valence-electron chi connectivity index (χ0n) is 6.29. The maximum atomic E-state index is 9.55. The number of hydrogen-bond donors (Lipinski definition) is 1. The van der Waals surface area contributed by atoms with E-state index in [-0.39, 0.29) is 12.2 Å². The Bertz CT molecular complexity index is 133. The van der Waals surface area contributed by atoms with Crippen molar-refractivity contribution in [3.05, 3.63) is 0 Å². The van der Waals surface area contributed by atoms with E-state index < -0.39 is 0 Å². The van der Waals surface area contributed by atoms with Crippen molar-refractivity contribution in [3.8, 4) is 0 Å². The zero-order valence-corrected chi connectivity index (χ0v) is 6.29. The molecule has 0 aliphatic heterocycles. The maximum absolute atomic E-state index is 9.55. The third kappa shape index (κ3) is 0.722. The van der Waals surface area contributed by atoms with Gasteiger partial charge in [-0.25, -0.2) is 0 Å². The van der Waals surface area contributed by atoms with Crippen LogP contribution >= 0.6 is 0 Å². The van der Waals surface area contributed by atoms with Crippen LogP contribution in [0.15, 0.2) is 0 Å². The molecule has 58 valence electrons. The van der Waals surface area contributed by atoms with Crippen LogP contribution in [0.4, 0.5) is 0 Å². The first-order valence-electron chi connectivity index (χ1n) is 4.04. The predicted octanol–water partition coefficient (Wildman–Crippen LogP) is 0.792. The van der Waals surface area contributed by atoms with Gasteiger partial charge in [-0.05, 0) is 31.1 Å². The SMILES string of the molecule is CO[C@@H]1[C@H]2CC[C@H](C2)[C@H]1O. The largest absolute Gasteiger partial charge is 0.390 e. The lowest BCUT2D eigenvalue weighted by Gasteiger charge is -2.25. The molecule has 0 heterocycles. The molecule has 0 radical (unpaired) electrons. The van der Waals surface area contributed by atoms with E-state index in [9.17, 15) is 5.11 Å². The Morgan fingerprint density at radius 2 is 2.00 bits per heavy atom. The molecule has 0 aromatic heterocycles. The van der Waals surface area contributed by atoms with Gasteiger partial charge in [0.05, 0.1) is 12.2 Å². The molecule has 10 heavy (non-hydrogen) atoms. The first-order valence-corrected chi connectivity index (χ1v) is 4.04. The van der Waals surface area contributed by atoms with Gasteiger partial charge < -0.3 is 9.84 Å². The number of ether oxygens (including phenoxy) is 1. The molecule has 2 heteroatoms. The average molecular weight is 142 g/mol. The lowest BCUT2D eigenvalue weighted by Crippen LogP contribution is -2.33. The Kier molecular flexibility index (Phi) is 1.46. The van der Waals surface area contributed by atoms with E-state index >= 15 is 0 Å². The van der Waals surface area contributed by atoms with Crippen LogP contribution in [0.2, 0.25) is 0 Å². The monoisotopic (exact) mass is 142 g/mol. The van der Waals surface area contributed by atoms with Gasteiger partial charge in [-0.15, -0.1) is 0 Å². The van der Waals surface area contributed by atoms with Gasteiger partial charge in [-0.3, -0.25) is 0 Å². The molecule has 0 spiro atoms. The molecular weight excluding hydrogens is 128 g/mol. The summed E-state index contributed by atoms with van der Waals surface area (Å²) in [4.78, 5) is 0. The third-order valence-corrected chi connectivity index (χ3v) is 3.07. The fourth-order valence-electron chi connectivity index (χ4n) is 2.54. The summed E-state index contributed by atoms with van der Waals surface area (Å²) in [7, 11) is 1.70. The molecule has 2 fully saturated rings. The lowest BCUT2D eigenvalue weighted by atomic mass is 9.95. The molecule has 2 nitrogen and oxygen atoms in total. The van der Waals surface area contributed by atoms with Crippen molar-refractivity contribution in [1.82, 2.24) is 0 Å². The highest BCUT2D eigenvalue weighted by Gasteiger charge is 2.46. The van der Waals surface area contributed by atoms with Gasteiger partial charge in [0, 0.05) is 7.11 Å². The second kappa shape index (κ2) is 2.21. The van der Waals surface area contributed by atoms with Crippen LogP contribution in [0.3, 0.4) is 0 Å². The van der Waals surface area contributed by atoms with E-state index in [1.807, 2.05) is 0 Å². The predicted molar refractivity (Wildman–Crippen MR) is 37.6 cm³/mol. The second-order valence-electron chi connectivity index (χ2n) is 3.52. The van der Waals surface area contributed by atoms with Gasteiger partial charge in [0.15, 0.2) is 0 Å². The average Bonchev–Trinajstić information content (AvgIpc) is 2.46. The number of aliphatic hydroxyl groups is 1. The highest BCUT2D eigenvalue weighted by Crippen LogP contribution is 2.45. The molecule has 1 N–H and O–H groups in total. The van der Waals surface area contributed by atoms with E-state index in [0.29, 0.717) is 11.8 Å². The van der Waals surface area contributed by atoms with Crippen molar-refractivity contribution in [2.45, 2.75) is 31.5 Å². The Labute approximate surface area is 61.2 Å². The number of fused-ring (bicyclic) bond motifs is 2. The summed E-state index contributed by atoms with van der Waals surface area (Å²) in [5.41, 5.74) is 0. The van der Waals surface area contributed by atoms with E-state index in [2.05, 4.69) is 0 Å². The summed E-state index contributed by atoms with van der Waals surface area (Å²) in [6, 6.07) is 0. The van der Waals surface area contributed by atoms with Crippen molar-refractivity contribution in [1.29, 1.82) is 0 Å². The molecule has 0 amide bonds. The van der Waals surface area contributed by atoms with Crippen molar-refractivity contribution in [2.24, 2.45) is 11.8 Å². The summed E-state index contributed by atoms with van der Waals surface area (Å²) < 4.78 is 5.21. The van der Waals surface area contributed by atoms with Crippen LogP contribution in [0, 0.1) is 11.8 Å². The summed E-state index contributed by atoms with van der Waals surface area (Å²) in [5.74, 6) is 1.21. The molecule has 4 atom stereocenters. The lowest BCUT2D eigenvalue weighted by molar-refractivity contribution is -0.0426. The number of hydrogen-bond acceptors (Lipinski definition) is 2. The molecule has 2 aliphatic rings.